The second-order valence-corrected chi connectivity index (χ2v) is 9.98. The number of hydrogen-bond donors (Lipinski definition) is 1. The van der Waals surface area contributed by atoms with E-state index in [4.69, 9.17) is 21.1 Å². The van der Waals surface area contributed by atoms with Gasteiger partial charge >= 0.3 is 12.2 Å². The van der Waals surface area contributed by atoms with Crippen LogP contribution in [0.1, 0.15) is 46.4 Å². The van der Waals surface area contributed by atoms with E-state index < -0.39 is 23.4 Å². The van der Waals surface area contributed by atoms with E-state index in [2.05, 4.69) is 10.3 Å². The number of aromatic nitrogens is 1. The van der Waals surface area contributed by atoms with Crippen molar-refractivity contribution in [2.45, 2.75) is 59.3 Å². The van der Waals surface area contributed by atoms with Crippen LogP contribution in [0.5, 0.6) is 0 Å². The van der Waals surface area contributed by atoms with E-state index in [9.17, 15) is 9.59 Å². The van der Waals surface area contributed by atoms with Crippen LogP contribution in [0.4, 0.5) is 21.0 Å². The molecule has 29 heavy (non-hydrogen) atoms. The van der Waals surface area contributed by atoms with Crippen LogP contribution in [0.25, 0.3) is 0 Å². The van der Waals surface area contributed by atoms with Crippen molar-refractivity contribution in [3.63, 3.8) is 0 Å². The molecular weight excluding hydrogens is 414 g/mol. The van der Waals surface area contributed by atoms with E-state index in [1.165, 1.54) is 11.3 Å². The van der Waals surface area contributed by atoms with Gasteiger partial charge in [0, 0.05) is 16.8 Å². The Kier molecular flexibility index (Phi) is 7.13. The lowest BCUT2D eigenvalue weighted by molar-refractivity contribution is 0.0431. The third-order valence-electron chi connectivity index (χ3n) is 3.25. The minimum absolute atomic E-state index is 0.334. The van der Waals surface area contributed by atoms with Gasteiger partial charge in [-0.15, -0.1) is 11.3 Å². The van der Waals surface area contributed by atoms with Crippen LogP contribution in [0, 0.1) is 0 Å². The molecule has 0 aliphatic rings. The molecule has 0 unspecified atom stereocenters. The van der Waals surface area contributed by atoms with Gasteiger partial charge in [-0.25, -0.2) is 14.6 Å². The number of halogens is 1. The fourth-order valence-electron chi connectivity index (χ4n) is 2.21. The number of carbonyl (C=O) groups excluding carboxylic acids is 2. The first kappa shape index (κ1) is 23.0. The summed E-state index contributed by atoms with van der Waals surface area (Å²) >= 11 is 7.23. The first-order valence-corrected chi connectivity index (χ1v) is 10.2. The molecule has 0 aliphatic heterocycles. The summed E-state index contributed by atoms with van der Waals surface area (Å²) in [7, 11) is 0. The van der Waals surface area contributed by atoms with Crippen LogP contribution in [-0.4, -0.2) is 28.4 Å². The highest BCUT2D eigenvalue weighted by atomic mass is 35.5. The van der Waals surface area contributed by atoms with Crippen molar-refractivity contribution in [1.82, 2.24) is 4.98 Å². The highest BCUT2D eigenvalue weighted by molar-refractivity contribution is 7.15. The molecule has 2 rings (SSSR count). The van der Waals surface area contributed by atoms with Crippen molar-refractivity contribution in [3.05, 3.63) is 39.8 Å². The van der Waals surface area contributed by atoms with Gasteiger partial charge in [0.2, 0.25) is 0 Å². The first-order chi connectivity index (χ1) is 13.3. The second kappa shape index (κ2) is 9.00. The monoisotopic (exact) mass is 439 g/mol. The van der Waals surface area contributed by atoms with E-state index in [0.29, 0.717) is 22.4 Å². The molecule has 1 N–H and O–H groups in total. The molecule has 2 amide bonds. The van der Waals surface area contributed by atoms with E-state index in [1.807, 2.05) is 6.07 Å². The van der Waals surface area contributed by atoms with Gasteiger partial charge in [-0.05, 0) is 59.7 Å². The van der Waals surface area contributed by atoms with Gasteiger partial charge in [-0.1, -0.05) is 17.7 Å². The third-order valence-corrected chi connectivity index (χ3v) is 4.36. The summed E-state index contributed by atoms with van der Waals surface area (Å²) in [6, 6.07) is 6.88. The summed E-state index contributed by atoms with van der Waals surface area (Å²) in [4.78, 5) is 31.3. The quantitative estimate of drug-likeness (QED) is 0.621. The molecular formula is C20H26ClN3O4S. The predicted octanol–water partition coefficient (Wildman–Crippen LogP) is 6.09. The largest absolute Gasteiger partial charge is 0.443 e. The Morgan fingerprint density at radius 3 is 2.17 bits per heavy atom. The zero-order valence-electron chi connectivity index (χ0n) is 17.4. The van der Waals surface area contributed by atoms with Crippen molar-refractivity contribution in [2.24, 2.45) is 0 Å². The molecule has 1 heterocycles. The van der Waals surface area contributed by atoms with Crippen LogP contribution in [0.2, 0.25) is 4.47 Å². The summed E-state index contributed by atoms with van der Waals surface area (Å²) in [5.41, 5.74) is -0.484. The molecule has 1 aromatic heterocycles. The smallest absolute Gasteiger partial charge is 0.424 e. The van der Waals surface area contributed by atoms with Crippen molar-refractivity contribution in [2.75, 3.05) is 10.2 Å². The van der Waals surface area contributed by atoms with Gasteiger partial charge in [0.1, 0.15) is 11.2 Å². The van der Waals surface area contributed by atoms with Crippen LogP contribution in [0.15, 0.2) is 30.5 Å². The topological polar surface area (TPSA) is 80.8 Å². The minimum Gasteiger partial charge on any atom is -0.443 e. The Labute approximate surface area is 180 Å². The molecule has 9 heteroatoms. The molecule has 0 saturated heterocycles. The average Bonchev–Trinajstić information content (AvgIpc) is 2.95. The average molecular weight is 440 g/mol. The van der Waals surface area contributed by atoms with Gasteiger partial charge in [0.05, 0.1) is 12.2 Å². The fraction of sp³-hybridized carbons (Fsp3) is 0.450. The summed E-state index contributed by atoms with van der Waals surface area (Å²) in [6.07, 6.45) is 0.0775. The van der Waals surface area contributed by atoms with Crippen molar-refractivity contribution in [3.8, 4) is 0 Å². The Morgan fingerprint density at radius 2 is 1.69 bits per heavy atom. The fourth-order valence-corrected chi connectivity index (χ4v) is 3.13. The van der Waals surface area contributed by atoms with Crippen molar-refractivity contribution >= 4 is 46.5 Å². The molecule has 0 saturated carbocycles. The van der Waals surface area contributed by atoms with Crippen molar-refractivity contribution < 1.29 is 19.1 Å². The number of nitrogens with zero attached hydrogens (tertiary/aromatic N) is 2. The SMILES string of the molecule is CC(C)(C)OC(=O)N(C(=O)OC(C)(C)C)c1cccc(NCc2cnc(Cl)s2)c1. The Hall–Kier alpha value is -2.32. The molecule has 0 aliphatic carbocycles. The van der Waals surface area contributed by atoms with E-state index in [0.717, 1.165) is 9.78 Å². The number of anilines is 2. The number of nitrogens with one attached hydrogen (secondary N) is 1. The molecule has 1 aromatic carbocycles. The molecule has 158 valence electrons. The molecule has 2 aromatic rings. The maximum atomic E-state index is 12.7. The van der Waals surface area contributed by atoms with Gasteiger partial charge < -0.3 is 14.8 Å². The number of thiazole rings is 1. The highest BCUT2D eigenvalue weighted by Crippen LogP contribution is 2.25. The lowest BCUT2D eigenvalue weighted by Gasteiger charge is -2.28. The zero-order valence-corrected chi connectivity index (χ0v) is 19.0. The lowest BCUT2D eigenvalue weighted by Crippen LogP contribution is -2.43. The number of imide groups is 1. The lowest BCUT2D eigenvalue weighted by atomic mass is 10.2. The summed E-state index contributed by atoms with van der Waals surface area (Å²) in [5.74, 6) is 0. The maximum absolute atomic E-state index is 12.7. The van der Waals surface area contributed by atoms with Crippen LogP contribution in [-0.2, 0) is 16.0 Å². The molecule has 0 spiro atoms. The number of benzene rings is 1. The van der Waals surface area contributed by atoms with Gasteiger partial charge in [-0.3, -0.25) is 0 Å². The standard InChI is InChI=1S/C20H26ClN3O4S/c1-19(2,3)27-17(25)24(18(26)28-20(4,5)6)14-9-7-8-13(10-14)22-11-15-12-23-16(21)29-15/h7-10,12,22H,11H2,1-6H3. The second-order valence-electron chi connectivity index (χ2n) is 8.28. The van der Waals surface area contributed by atoms with Gasteiger partial charge in [0.15, 0.2) is 4.47 Å². The normalized spacial score (nSPS) is 11.7. The number of carbonyl (C=O) groups is 2. The molecule has 0 fully saturated rings. The van der Waals surface area contributed by atoms with E-state index in [1.54, 1.807) is 65.9 Å². The first-order valence-electron chi connectivity index (χ1n) is 9.04. The number of amides is 2. The van der Waals surface area contributed by atoms with Crippen LogP contribution >= 0.6 is 22.9 Å². The van der Waals surface area contributed by atoms with Gasteiger partial charge in [0.25, 0.3) is 0 Å². The van der Waals surface area contributed by atoms with Gasteiger partial charge in [-0.2, -0.15) is 4.90 Å². The van der Waals surface area contributed by atoms with E-state index in [-0.39, 0.29) is 0 Å². The van der Waals surface area contributed by atoms with E-state index >= 15 is 0 Å². The van der Waals surface area contributed by atoms with Crippen molar-refractivity contribution in [1.29, 1.82) is 0 Å². The Morgan fingerprint density at radius 1 is 1.10 bits per heavy atom. The number of ether oxygens (including phenoxy) is 2. The van der Waals surface area contributed by atoms with Crippen LogP contribution in [0.3, 0.4) is 0 Å². The van der Waals surface area contributed by atoms with Crippen LogP contribution < -0.4 is 10.2 Å². The Balaban J connectivity index is 2.26. The molecule has 0 atom stereocenters. The third kappa shape index (κ3) is 7.55. The maximum Gasteiger partial charge on any atom is 0.424 e. The summed E-state index contributed by atoms with van der Waals surface area (Å²) < 4.78 is 11.3. The molecule has 7 nitrogen and oxygen atoms in total. The zero-order chi connectivity index (χ0) is 21.8. The molecule has 0 radical (unpaired) electrons. The molecule has 0 bridgehead atoms. The minimum atomic E-state index is -0.807. The number of rotatable bonds is 4. The number of hydrogen-bond acceptors (Lipinski definition) is 7. The summed E-state index contributed by atoms with van der Waals surface area (Å²) in [5, 5.41) is 3.22. The predicted molar refractivity (Wildman–Crippen MR) is 116 cm³/mol. The summed E-state index contributed by atoms with van der Waals surface area (Å²) in [6.45, 7) is 10.9. The highest BCUT2D eigenvalue weighted by Gasteiger charge is 2.32. The Bertz CT molecular complexity index is 843.